The Labute approximate surface area is 160 Å². The van der Waals surface area contributed by atoms with Gasteiger partial charge in [0.2, 0.25) is 0 Å². The van der Waals surface area contributed by atoms with Gasteiger partial charge in [-0.3, -0.25) is 9.89 Å². The Hall–Kier alpha value is -1.31. The van der Waals surface area contributed by atoms with E-state index in [4.69, 9.17) is 4.74 Å². The number of benzene rings is 1. The first kappa shape index (κ1) is 21.0. The van der Waals surface area contributed by atoms with Gasteiger partial charge in [-0.05, 0) is 35.4 Å². The molecule has 0 amide bonds. The lowest BCUT2D eigenvalue weighted by Crippen LogP contribution is -2.43. The summed E-state index contributed by atoms with van der Waals surface area (Å²) in [5.74, 6) is 1.91. The molecule has 1 aromatic rings. The normalized spacial score (nSPS) is 17.2. The molecule has 1 aliphatic rings. The number of hydrogen-bond donors (Lipinski definition) is 2. The van der Waals surface area contributed by atoms with E-state index >= 15 is 0 Å². The van der Waals surface area contributed by atoms with Crippen molar-refractivity contribution in [1.82, 2.24) is 15.5 Å². The van der Waals surface area contributed by atoms with Crippen LogP contribution in [0.25, 0.3) is 0 Å². The summed E-state index contributed by atoms with van der Waals surface area (Å²) in [6.45, 7) is 8.49. The van der Waals surface area contributed by atoms with Gasteiger partial charge >= 0.3 is 0 Å². The standard InChI is InChI=1S/C19H31FN4OS/c1-15(13-24-6-8-25-9-7-24)11-22-19(21-2)23-12-16-4-5-18(20)10-17(16)14-26-3/h4-5,10,15H,6-9,11-14H2,1-3H3,(H2,21,22,23). The average molecular weight is 383 g/mol. The van der Waals surface area contributed by atoms with Crippen LogP contribution in [-0.4, -0.2) is 63.6 Å². The van der Waals surface area contributed by atoms with E-state index in [-0.39, 0.29) is 5.82 Å². The number of halogens is 1. The molecule has 1 unspecified atom stereocenters. The van der Waals surface area contributed by atoms with Crippen LogP contribution in [0.15, 0.2) is 23.2 Å². The zero-order valence-corrected chi connectivity index (χ0v) is 16.9. The van der Waals surface area contributed by atoms with E-state index in [0.29, 0.717) is 12.5 Å². The number of nitrogens with one attached hydrogen (secondary N) is 2. The molecule has 0 radical (unpaired) electrons. The lowest BCUT2D eigenvalue weighted by molar-refractivity contribution is 0.0320. The van der Waals surface area contributed by atoms with Crippen molar-refractivity contribution in [3.05, 3.63) is 35.1 Å². The second-order valence-corrected chi connectivity index (χ2v) is 7.54. The van der Waals surface area contributed by atoms with Crippen LogP contribution in [-0.2, 0) is 17.0 Å². The molecule has 0 bridgehead atoms. The molecule has 2 N–H and O–H groups in total. The smallest absolute Gasteiger partial charge is 0.191 e. The zero-order valence-electron chi connectivity index (χ0n) is 16.1. The van der Waals surface area contributed by atoms with Crippen molar-refractivity contribution < 1.29 is 9.13 Å². The van der Waals surface area contributed by atoms with Gasteiger partial charge in [-0.2, -0.15) is 11.8 Å². The fourth-order valence-electron chi connectivity index (χ4n) is 3.02. The van der Waals surface area contributed by atoms with Crippen LogP contribution < -0.4 is 10.6 Å². The van der Waals surface area contributed by atoms with Crippen LogP contribution in [0.2, 0.25) is 0 Å². The number of hydrogen-bond acceptors (Lipinski definition) is 4. The number of morpholine rings is 1. The van der Waals surface area contributed by atoms with Gasteiger partial charge in [-0.15, -0.1) is 0 Å². The fraction of sp³-hybridized carbons (Fsp3) is 0.632. The minimum atomic E-state index is -0.183. The van der Waals surface area contributed by atoms with Crippen molar-refractivity contribution in [3.8, 4) is 0 Å². The monoisotopic (exact) mass is 382 g/mol. The molecule has 1 heterocycles. The summed E-state index contributed by atoms with van der Waals surface area (Å²) in [7, 11) is 1.77. The Morgan fingerprint density at radius 3 is 2.77 bits per heavy atom. The number of guanidine groups is 1. The summed E-state index contributed by atoms with van der Waals surface area (Å²) in [6, 6.07) is 4.98. The molecule has 146 valence electrons. The van der Waals surface area contributed by atoms with Crippen LogP contribution in [0.1, 0.15) is 18.1 Å². The second kappa shape index (κ2) is 11.4. The Morgan fingerprint density at radius 1 is 1.31 bits per heavy atom. The van der Waals surface area contributed by atoms with Gasteiger partial charge in [-0.1, -0.05) is 13.0 Å². The van der Waals surface area contributed by atoms with E-state index in [0.717, 1.165) is 62.2 Å². The largest absolute Gasteiger partial charge is 0.379 e. The first-order chi connectivity index (χ1) is 12.6. The summed E-state index contributed by atoms with van der Waals surface area (Å²) in [4.78, 5) is 6.74. The van der Waals surface area contributed by atoms with E-state index < -0.39 is 0 Å². The minimum absolute atomic E-state index is 0.183. The molecule has 0 aromatic heterocycles. The Bertz CT molecular complexity index is 579. The number of aliphatic imine (C=N–C) groups is 1. The van der Waals surface area contributed by atoms with Crippen molar-refractivity contribution in [1.29, 1.82) is 0 Å². The minimum Gasteiger partial charge on any atom is -0.379 e. The topological polar surface area (TPSA) is 48.9 Å². The first-order valence-electron chi connectivity index (χ1n) is 9.13. The van der Waals surface area contributed by atoms with Crippen LogP contribution >= 0.6 is 11.8 Å². The Kier molecular flexibility index (Phi) is 9.22. The van der Waals surface area contributed by atoms with Crippen molar-refractivity contribution in [2.75, 3.05) is 52.7 Å². The summed E-state index contributed by atoms with van der Waals surface area (Å²) in [5, 5.41) is 6.73. The molecule has 2 rings (SSSR count). The fourth-order valence-corrected chi connectivity index (χ4v) is 3.60. The van der Waals surface area contributed by atoms with Crippen LogP contribution in [0.5, 0.6) is 0 Å². The number of nitrogens with zero attached hydrogens (tertiary/aromatic N) is 2. The van der Waals surface area contributed by atoms with Gasteiger partial charge in [0, 0.05) is 45.5 Å². The molecule has 7 heteroatoms. The van der Waals surface area contributed by atoms with Gasteiger partial charge < -0.3 is 15.4 Å². The molecular formula is C19H31FN4OS. The highest BCUT2D eigenvalue weighted by molar-refractivity contribution is 7.97. The lowest BCUT2D eigenvalue weighted by Gasteiger charge is -2.29. The van der Waals surface area contributed by atoms with E-state index in [9.17, 15) is 4.39 Å². The van der Waals surface area contributed by atoms with E-state index in [1.165, 1.54) is 6.07 Å². The maximum atomic E-state index is 13.5. The predicted molar refractivity (Wildman–Crippen MR) is 108 cm³/mol. The zero-order chi connectivity index (χ0) is 18.8. The van der Waals surface area contributed by atoms with Gasteiger partial charge in [0.15, 0.2) is 5.96 Å². The highest BCUT2D eigenvalue weighted by atomic mass is 32.2. The lowest BCUT2D eigenvalue weighted by atomic mass is 10.1. The molecule has 0 saturated carbocycles. The summed E-state index contributed by atoms with van der Waals surface area (Å²) < 4.78 is 18.9. The van der Waals surface area contributed by atoms with Crippen molar-refractivity contribution >= 4 is 17.7 Å². The molecule has 1 fully saturated rings. The highest BCUT2D eigenvalue weighted by Crippen LogP contribution is 2.16. The van der Waals surface area contributed by atoms with Crippen molar-refractivity contribution in [2.45, 2.75) is 19.2 Å². The average Bonchev–Trinajstić information content (AvgIpc) is 2.64. The Balaban J connectivity index is 1.78. The SMILES string of the molecule is CN=C(NCc1ccc(F)cc1CSC)NCC(C)CN1CCOCC1. The third kappa shape index (κ3) is 7.13. The third-order valence-electron chi connectivity index (χ3n) is 4.43. The quantitative estimate of drug-likeness (QED) is 0.534. The molecule has 0 spiro atoms. The summed E-state index contributed by atoms with van der Waals surface area (Å²) >= 11 is 1.69. The molecule has 1 aliphatic heterocycles. The maximum absolute atomic E-state index is 13.5. The molecule has 1 saturated heterocycles. The number of ether oxygens (including phenoxy) is 1. The molecule has 26 heavy (non-hydrogen) atoms. The number of thioether (sulfide) groups is 1. The Morgan fingerprint density at radius 2 is 2.08 bits per heavy atom. The third-order valence-corrected chi connectivity index (χ3v) is 5.03. The molecule has 1 atom stereocenters. The first-order valence-corrected chi connectivity index (χ1v) is 10.5. The van der Waals surface area contributed by atoms with Gasteiger partial charge in [0.1, 0.15) is 5.82 Å². The van der Waals surface area contributed by atoms with Gasteiger partial charge in [-0.25, -0.2) is 4.39 Å². The van der Waals surface area contributed by atoms with E-state index in [1.807, 2.05) is 12.3 Å². The summed E-state index contributed by atoms with van der Waals surface area (Å²) in [6.07, 6.45) is 2.03. The number of rotatable bonds is 8. The van der Waals surface area contributed by atoms with Crippen LogP contribution in [0.3, 0.4) is 0 Å². The van der Waals surface area contributed by atoms with Crippen LogP contribution in [0.4, 0.5) is 4.39 Å². The van der Waals surface area contributed by atoms with Gasteiger partial charge in [0.05, 0.1) is 13.2 Å². The van der Waals surface area contributed by atoms with Crippen LogP contribution in [0, 0.1) is 11.7 Å². The van der Waals surface area contributed by atoms with Crippen molar-refractivity contribution in [2.24, 2.45) is 10.9 Å². The molecule has 1 aromatic carbocycles. The predicted octanol–water partition coefficient (Wildman–Crippen LogP) is 2.32. The maximum Gasteiger partial charge on any atom is 0.191 e. The molecule has 0 aliphatic carbocycles. The van der Waals surface area contributed by atoms with E-state index in [2.05, 4.69) is 27.4 Å². The van der Waals surface area contributed by atoms with Crippen molar-refractivity contribution in [3.63, 3.8) is 0 Å². The highest BCUT2D eigenvalue weighted by Gasteiger charge is 2.14. The summed E-state index contributed by atoms with van der Waals surface area (Å²) in [5.41, 5.74) is 2.13. The second-order valence-electron chi connectivity index (χ2n) is 6.67. The molecule has 5 nitrogen and oxygen atoms in total. The molecular weight excluding hydrogens is 351 g/mol. The van der Waals surface area contributed by atoms with E-state index in [1.54, 1.807) is 24.9 Å². The van der Waals surface area contributed by atoms with Gasteiger partial charge in [0.25, 0.3) is 0 Å².